The highest BCUT2D eigenvalue weighted by Gasteiger charge is 2.18. The largest absolute Gasteiger partial charge is 0.495 e. The van der Waals surface area contributed by atoms with Crippen LogP contribution in [0.15, 0.2) is 30.3 Å². The lowest BCUT2D eigenvalue weighted by Gasteiger charge is -2.27. The first-order chi connectivity index (χ1) is 12.2. The molecule has 0 aliphatic carbocycles. The number of aromatic amines is 1. The molecule has 1 fully saturated rings. The number of anilines is 3. The van der Waals surface area contributed by atoms with Gasteiger partial charge in [0.25, 0.3) is 0 Å². The van der Waals surface area contributed by atoms with Gasteiger partial charge in [-0.3, -0.25) is 0 Å². The van der Waals surface area contributed by atoms with Gasteiger partial charge in [-0.15, -0.1) is 0 Å². The maximum Gasteiger partial charge on any atom is 0.229 e. The number of H-pyrrole nitrogens is 1. The topological polar surface area (TPSA) is 75.3 Å². The van der Waals surface area contributed by atoms with E-state index < -0.39 is 0 Å². The van der Waals surface area contributed by atoms with E-state index in [4.69, 9.17) is 19.4 Å². The van der Waals surface area contributed by atoms with E-state index in [1.165, 1.54) is 0 Å². The molecule has 4 rings (SSSR count). The Morgan fingerprint density at radius 2 is 2.00 bits per heavy atom. The first kappa shape index (κ1) is 15.7. The van der Waals surface area contributed by atoms with Gasteiger partial charge in [0, 0.05) is 18.8 Å². The van der Waals surface area contributed by atoms with Crippen LogP contribution in [0.25, 0.3) is 11.0 Å². The van der Waals surface area contributed by atoms with E-state index >= 15 is 0 Å². The van der Waals surface area contributed by atoms with Crippen molar-refractivity contribution < 1.29 is 9.47 Å². The number of methoxy groups -OCH3 is 1. The molecule has 130 valence electrons. The van der Waals surface area contributed by atoms with Crippen LogP contribution in [0.1, 0.15) is 5.69 Å². The zero-order valence-electron chi connectivity index (χ0n) is 14.4. The Hall–Kier alpha value is -2.80. The Labute approximate surface area is 146 Å². The average molecular weight is 339 g/mol. The molecule has 1 saturated heterocycles. The zero-order valence-corrected chi connectivity index (χ0v) is 14.4. The number of rotatable bonds is 4. The molecule has 3 aromatic rings. The lowest BCUT2D eigenvalue weighted by Crippen LogP contribution is -2.37. The number of nitrogens with zero attached hydrogens (tertiary/aromatic N) is 3. The highest BCUT2D eigenvalue weighted by molar-refractivity contribution is 5.91. The molecule has 2 N–H and O–H groups in total. The van der Waals surface area contributed by atoms with Crippen LogP contribution < -0.4 is 15.0 Å². The number of ether oxygens (including phenoxy) is 2. The summed E-state index contributed by atoms with van der Waals surface area (Å²) in [6.07, 6.45) is 0. The van der Waals surface area contributed by atoms with Crippen LogP contribution in [0.3, 0.4) is 0 Å². The predicted octanol–water partition coefficient (Wildman–Crippen LogP) is 2.86. The van der Waals surface area contributed by atoms with Crippen molar-refractivity contribution >= 4 is 28.5 Å². The van der Waals surface area contributed by atoms with Crippen LogP contribution in [0.5, 0.6) is 5.75 Å². The van der Waals surface area contributed by atoms with Gasteiger partial charge in [-0.2, -0.15) is 9.97 Å². The first-order valence-electron chi connectivity index (χ1n) is 8.34. The first-order valence-corrected chi connectivity index (χ1v) is 8.34. The number of benzene rings is 1. The van der Waals surface area contributed by atoms with E-state index in [0.717, 1.165) is 47.1 Å². The molecular formula is C18H21N5O2. The standard InChI is InChI=1S/C18H21N5O2/c1-12-11-13-16(19-12)21-18(23-7-9-25-10-8-23)22-17(13)20-14-5-3-4-6-15(14)24-2/h3-6,11H,7-10H2,1-2H3,(H2,19,20,21,22). The molecular weight excluding hydrogens is 318 g/mol. The SMILES string of the molecule is COc1ccccc1Nc1nc(N2CCOCC2)nc2[nH]c(C)cc12. The molecule has 0 saturated carbocycles. The molecule has 1 aromatic carbocycles. The quantitative estimate of drug-likeness (QED) is 0.761. The maximum atomic E-state index is 5.44. The Balaban J connectivity index is 1.78. The molecule has 0 unspecified atom stereocenters. The number of hydrogen-bond acceptors (Lipinski definition) is 6. The van der Waals surface area contributed by atoms with Gasteiger partial charge in [0.15, 0.2) is 0 Å². The minimum absolute atomic E-state index is 0.695. The summed E-state index contributed by atoms with van der Waals surface area (Å²) in [5, 5.41) is 4.36. The molecule has 1 aliphatic heterocycles. The van der Waals surface area contributed by atoms with E-state index in [1.54, 1.807) is 7.11 Å². The van der Waals surface area contributed by atoms with Crippen molar-refractivity contribution in [1.29, 1.82) is 0 Å². The molecule has 3 heterocycles. The number of morpholine rings is 1. The lowest BCUT2D eigenvalue weighted by atomic mass is 10.2. The Morgan fingerprint density at radius 1 is 1.20 bits per heavy atom. The third-order valence-electron chi connectivity index (χ3n) is 4.26. The second-order valence-electron chi connectivity index (χ2n) is 6.01. The molecule has 0 atom stereocenters. The van der Waals surface area contributed by atoms with Gasteiger partial charge in [0.1, 0.15) is 17.2 Å². The summed E-state index contributed by atoms with van der Waals surface area (Å²) in [6.45, 7) is 4.99. The van der Waals surface area contributed by atoms with Crippen molar-refractivity contribution in [2.75, 3.05) is 43.6 Å². The van der Waals surface area contributed by atoms with Crippen LogP contribution >= 0.6 is 0 Å². The van der Waals surface area contributed by atoms with Crippen LogP contribution in [-0.2, 0) is 4.74 Å². The van der Waals surface area contributed by atoms with Gasteiger partial charge in [-0.25, -0.2) is 0 Å². The molecule has 1 aliphatic rings. The smallest absolute Gasteiger partial charge is 0.229 e. The number of para-hydroxylation sites is 2. The Bertz CT molecular complexity index is 886. The van der Waals surface area contributed by atoms with E-state index in [-0.39, 0.29) is 0 Å². The number of aryl methyl sites for hydroxylation is 1. The van der Waals surface area contributed by atoms with Crippen LogP contribution in [0.4, 0.5) is 17.5 Å². The molecule has 2 aromatic heterocycles. The summed E-state index contributed by atoms with van der Waals surface area (Å²) < 4.78 is 10.9. The fourth-order valence-electron chi connectivity index (χ4n) is 3.00. The summed E-state index contributed by atoms with van der Waals surface area (Å²) in [7, 11) is 1.66. The van der Waals surface area contributed by atoms with Crippen LogP contribution in [-0.4, -0.2) is 48.4 Å². The third-order valence-corrected chi connectivity index (χ3v) is 4.26. The second-order valence-corrected chi connectivity index (χ2v) is 6.01. The number of fused-ring (bicyclic) bond motifs is 1. The number of nitrogens with one attached hydrogen (secondary N) is 2. The Morgan fingerprint density at radius 3 is 2.80 bits per heavy atom. The zero-order chi connectivity index (χ0) is 17.2. The fraction of sp³-hybridized carbons (Fsp3) is 0.333. The molecule has 25 heavy (non-hydrogen) atoms. The lowest BCUT2D eigenvalue weighted by molar-refractivity contribution is 0.122. The fourth-order valence-corrected chi connectivity index (χ4v) is 3.00. The monoisotopic (exact) mass is 339 g/mol. The van der Waals surface area contributed by atoms with Crippen molar-refractivity contribution in [3.63, 3.8) is 0 Å². The van der Waals surface area contributed by atoms with Crippen molar-refractivity contribution in [1.82, 2.24) is 15.0 Å². The van der Waals surface area contributed by atoms with Crippen LogP contribution in [0, 0.1) is 6.92 Å². The van der Waals surface area contributed by atoms with E-state index in [1.807, 2.05) is 31.2 Å². The molecule has 0 amide bonds. The van der Waals surface area contributed by atoms with Gasteiger partial charge < -0.3 is 24.7 Å². The van der Waals surface area contributed by atoms with Crippen molar-refractivity contribution in [2.24, 2.45) is 0 Å². The predicted molar refractivity (Wildman–Crippen MR) is 97.9 cm³/mol. The average Bonchev–Trinajstić information content (AvgIpc) is 3.03. The van der Waals surface area contributed by atoms with Gasteiger partial charge in [-0.1, -0.05) is 12.1 Å². The van der Waals surface area contributed by atoms with E-state index in [0.29, 0.717) is 19.2 Å². The maximum absolute atomic E-state index is 5.44. The van der Waals surface area contributed by atoms with E-state index in [2.05, 4.69) is 21.3 Å². The number of hydrogen-bond donors (Lipinski definition) is 2. The van der Waals surface area contributed by atoms with Crippen molar-refractivity contribution in [3.8, 4) is 5.75 Å². The van der Waals surface area contributed by atoms with Gasteiger partial charge in [-0.05, 0) is 25.1 Å². The van der Waals surface area contributed by atoms with Crippen molar-refractivity contribution in [2.45, 2.75) is 6.92 Å². The highest BCUT2D eigenvalue weighted by atomic mass is 16.5. The van der Waals surface area contributed by atoms with Gasteiger partial charge in [0.2, 0.25) is 5.95 Å². The highest BCUT2D eigenvalue weighted by Crippen LogP contribution is 2.31. The normalized spacial score (nSPS) is 14.7. The summed E-state index contributed by atoms with van der Waals surface area (Å²) in [5.41, 5.74) is 2.75. The van der Waals surface area contributed by atoms with Gasteiger partial charge >= 0.3 is 0 Å². The molecule has 0 bridgehead atoms. The summed E-state index contributed by atoms with van der Waals surface area (Å²) in [5.74, 6) is 2.24. The minimum atomic E-state index is 0.695. The van der Waals surface area contributed by atoms with Crippen LogP contribution in [0.2, 0.25) is 0 Å². The third kappa shape index (κ3) is 3.10. The molecule has 0 radical (unpaired) electrons. The van der Waals surface area contributed by atoms with E-state index in [9.17, 15) is 0 Å². The minimum Gasteiger partial charge on any atom is -0.495 e. The summed E-state index contributed by atoms with van der Waals surface area (Å²) in [4.78, 5) is 14.9. The molecule has 7 heteroatoms. The van der Waals surface area contributed by atoms with Gasteiger partial charge in [0.05, 0.1) is 31.4 Å². The Kier molecular flexibility index (Phi) is 4.15. The molecule has 0 spiro atoms. The van der Waals surface area contributed by atoms with Crippen molar-refractivity contribution in [3.05, 3.63) is 36.0 Å². The second kappa shape index (κ2) is 6.60. The molecule has 7 nitrogen and oxygen atoms in total. The summed E-state index contributed by atoms with van der Waals surface area (Å²) in [6, 6.07) is 9.86. The number of aromatic nitrogens is 3. The summed E-state index contributed by atoms with van der Waals surface area (Å²) >= 11 is 0.